The second-order valence-corrected chi connectivity index (χ2v) is 1.34. The Kier molecular flexibility index (Phi) is 42.3. The van der Waals surface area contributed by atoms with Crippen LogP contribution in [0.3, 0.4) is 0 Å². The monoisotopic (exact) mass is 216 g/mol. The van der Waals surface area contributed by atoms with Gasteiger partial charge in [-0.3, -0.25) is 9.11 Å². The zero-order chi connectivity index (χ0) is 4.50. The third-order valence-corrected chi connectivity index (χ3v) is 0. The van der Waals surface area contributed by atoms with Crippen LogP contribution >= 0.6 is 0 Å². The molecule has 0 heterocycles. The van der Waals surface area contributed by atoms with Crippen molar-refractivity contribution in [3.05, 3.63) is 0 Å². The second kappa shape index (κ2) is 11.8. The van der Waals surface area contributed by atoms with Crippen LogP contribution in [0.25, 0.3) is 0 Å². The van der Waals surface area contributed by atoms with Crippen LogP contribution in [0, 0.1) is 0 Å². The third kappa shape index (κ3) is 393. The van der Waals surface area contributed by atoms with Crippen LogP contribution in [-0.4, -0.2) is 51.5 Å². The van der Waals surface area contributed by atoms with Gasteiger partial charge >= 0.3 is 33.5 Å². The Hall–Kier alpha value is 1.08. The van der Waals surface area contributed by atoms with E-state index in [1.54, 1.807) is 0 Å². The third-order valence-electron chi connectivity index (χ3n) is 0. The van der Waals surface area contributed by atoms with Crippen molar-refractivity contribution in [3.8, 4) is 0 Å². The first-order valence-corrected chi connectivity index (χ1v) is 2.10. The summed E-state index contributed by atoms with van der Waals surface area (Å²) in [5, 5.41) is 0. The van der Waals surface area contributed by atoms with Crippen LogP contribution in [0.4, 0.5) is 0 Å². The molecule has 6 nitrogen and oxygen atoms in total. The predicted molar refractivity (Wildman–Crippen MR) is 29.9 cm³/mol. The Labute approximate surface area is 78.8 Å². The zero-order valence-corrected chi connectivity index (χ0v) is 5.39. The number of rotatable bonds is 0. The summed E-state index contributed by atoms with van der Waals surface area (Å²) in [6.07, 6.45) is 0. The summed E-state index contributed by atoms with van der Waals surface area (Å²) in [5.41, 5.74) is 0. The van der Waals surface area contributed by atoms with Crippen LogP contribution < -0.4 is 0 Å². The van der Waals surface area contributed by atoms with Crippen molar-refractivity contribution >= 4 is 33.5 Å². The minimum absolute atomic E-state index is 0. The molecule has 0 amide bonds. The molecular formula is H8FeMgO6S. The SMILES string of the molecule is O.O.O=S(=O)(O)O.[Fe].[MgH2]. The Morgan fingerprint density at radius 1 is 1.00 bits per heavy atom. The quantitative estimate of drug-likeness (QED) is 0.325. The summed E-state index contributed by atoms with van der Waals surface area (Å²) in [6.45, 7) is 0. The molecule has 0 unspecified atom stereocenters. The van der Waals surface area contributed by atoms with E-state index in [0.29, 0.717) is 0 Å². The van der Waals surface area contributed by atoms with Crippen LogP contribution in [0.2, 0.25) is 0 Å². The summed E-state index contributed by atoms with van der Waals surface area (Å²) in [4.78, 5) is 0. The van der Waals surface area contributed by atoms with E-state index in [4.69, 9.17) is 17.5 Å². The molecule has 0 aliphatic rings. The van der Waals surface area contributed by atoms with Gasteiger partial charge in [0, 0.05) is 17.1 Å². The maximum Gasteiger partial charge on any atom is 0.394 e. The molecule has 0 atom stereocenters. The number of hydrogen-bond acceptors (Lipinski definition) is 2. The molecular weight excluding hydrogens is 208 g/mol. The minimum atomic E-state index is -4.67. The Balaban J connectivity index is -0.0000000133. The van der Waals surface area contributed by atoms with E-state index >= 15 is 0 Å². The normalized spacial score (nSPS) is 6.44. The molecule has 0 rings (SSSR count). The van der Waals surface area contributed by atoms with Gasteiger partial charge in [0.1, 0.15) is 0 Å². The topological polar surface area (TPSA) is 138 Å². The molecule has 6 N–H and O–H groups in total. The summed E-state index contributed by atoms with van der Waals surface area (Å²) >= 11 is 0. The average Bonchev–Trinajstić information content (AvgIpc) is 0.722. The van der Waals surface area contributed by atoms with E-state index in [-0.39, 0.29) is 51.1 Å². The molecule has 0 radical (unpaired) electrons. The van der Waals surface area contributed by atoms with Gasteiger partial charge in [0.15, 0.2) is 0 Å². The van der Waals surface area contributed by atoms with E-state index in [0.717, 1.165) is 0 Å². The minimum Gasteiger partial charge on any atom is -0.412 e. The number of hydrogen-bond donors (Lipinski definition) is 2. The van der Waals surface area contributed by atoms with Gasteiger partial charge < -0.3 is 11.0 Å². The van der Waals surface area contributed by atoms with E-state index in [1.165, 1.54) is 0 Å². The van der Waals surface area contributed by atoms with E-state index in [1.807, 2.05) is 0 Å². The van der Waals surface area contributed by atoms with Crippen molar-refractivity contribution in [2.75, 3.05) is 0 Å². The Morgan fingerprint density at radius 2 is 1.00 bits per heavy atom. The van der Waals surface area contributed by atoms with E-state index in [9.17, 15) is 0 Å². The van der Waals surface area contributed by atoms with Gasteiger partial charge in [-0.2, -0.15) is 8.42 Å². The molecule has 0 spiro atoms. The van der Waals surface area contributed by atoms with Gasteiger partial charge in [-0.25, -0.2) is 0 Å². The molecule has 0 aliphatic heterocycles. The van der Waals surface area contributed by atoms with Crippen molar-refractivity contribution in [1.29, 1.82) is 0 Å². The van der Waals surface area contributed by atoms with Crippen molar-refractivity contribution < 1.29 is 45.5 Å². The fourth-order valence-electron chi connectivity index (χ4n) is 0. The second-order valence-electron chi connectivity index (χ2n) is 0.448. The standard InChI is InChI=1S/Fe.Mg.H2O4S.2H2O.2H/c;;1-5(2,3)4;;;;/h;;(H2,1,2,3,4);2*1H2;;. The molecule has 0 aromatic rings. The fourth-order valence-corrected chi connectivity index (χ4v) is 0. The smallest absolute Gasteiger partial charge is 0.394 e. The van der Waals surface area contributed by atoms with Crippen LogP contribution in [0.1, 0.15) is 0 Å². The van der Waals surface area contributed by atoms with Crippen molar-refractivity contribution in [1.82, 2.24) is 0 Å². The van der Waals surface area contributed by atoms with Gasteiger partial charge in [0.05, 0.1) is 0 Å². The van der Waals surface area contributed by atoms with Gasteiger partial charge in [-0.05, 0) is 0 Å². The van der Waals surface area contributed by atoms with Crippen molar-refractivity contribution in [3.63, 3.8) is 0 Å². The molecule has 0 aliphatic carbocycles. The summed E-state index contributed by atoms with van der Waals surface area (Å²) in [7, 11) is -4.67. The average molecular weight is 216 g/mol. The molecule has 0 aromatic carbocycles. The van der Waals surface area contributed by atoms with Gasteiger partial charge in [0.2, 0.25) is 0 Å². The van der Waals surface area contributed by atoms with Crippen molar-refractivity contribution in [2.24, 2.45) is 0 Å². The zero-order valence-electron chi connectivity index (χ0n) is 3.47. The van der Waals surface area contributed by atoms with E-state index < -0.39 is 10.4 Å². The Morgan fingerprint density at radius 3 is 1.00 bits per heavy atom. The molecule has 0 saturated heterocycles. The first kappa shape index (κ1) is 32.2. The Bertz CT molecular complexity index is 96.2. The molecule has 60 valence electrons. The molecule has 0 fully saturated rings. The van der Waals surface area contributed by atoms with Crippen LogP contribution in [-0.2, 0) is 27.5 Å². The van der Waals surface area contributed by atoms with Gasteiger partial charge in [-0.1, -0.05) is 0 Å². The van der Waals surface area contributed by atoms with Gasteiger partial charge in [-0.15, -0.1) is 0 Å². The van der Waals surface area contributed by atoms with E-state index in [2.05, 4.69) is 0 Å². The molecule has 9 heteroatoms. The molecule has 0 bridgehead atoms. The van der Waals surface area contributed by atoms with Crippen LogP contribution in [0.15, 0.2) is 0 Å². The van der Waals surface area contributed by atoms with Crippen molar-refractivity contribution in [2.45, 2.75) is 0 Å². The molecule has 0 aromatic heterocycles. The maximum atomic E-state index is 8.74. The first-order valence-electron chi connectivity index (χ1n) is 0.698. The molecule has 0 saturated carbocycles. The largest absolute Gasteiger partial charge is 0.412 e. The molecule has 9 heavy (non-hydrogen) atoms. The summed E-state index contributed by atoms with van der Waals surface area (Å²) in [6, 6.07) is 0. The predicted octanol–water partition coefficient (Wildman–Crippen LogP) is -3.22. The maximum absolute atomic E-state index is 8.74. The summed E-state index contributed by atoms with van der Waals surface area (Å²) in [5.74, 6) is 0. The fraction of sp³-hybridized carbons (Fsp3) is 0. The van der Waals surface area contributed by atoms with Gasteiger partial charge in [0.25, 0.3) is 0 Å². The van der Waals surface area contributed by atoms with Crippen LogP contribution in [0.5, 0.6) is 0 Å². The summed E-state index contributed by atoms with van der Waals surface area (Å²) < 4.78 is 31.6. The first-order chi connectivity index (χ1) is 2.00.